The Kier molecular flexibility index (Phi) is 4.61. The summed E-state index contributed by atoms with van der Waals surface area (Å²) in [4.78, 5) is 0. The van der Waals surface area contributed by atoms with Crippen LogP contribution >= 0.6 is 0 Å². The molecule has 3 heteroatoms. The number of benzene rings is 1. The smallest absolute Gasteiger partial charge is 0.118 e. The van der Waals surface area contributed by atoms with E-state index in [0.29, 0.717) is 0 Å². The van der Waals surface area contributed by atoms with Crippen LogP contribution < -0.4 is 10.1 Å². The monoisotopic (exact) mass is 249 g/mol. The topological polar surface area (TPSA) is 41.5 Å². The number of aliphatic hydroxyl groups excluding tert-OH is 1. The Hall–Kier alpha value is -1.06. The zero-order valence-corrected chi connectivity index (χ0v) is 11.2. The highest BCUT2D eigenvalue weighted by molar-refractivity contribution is 5.28. The van der Waals surface area contributed by atoms with E-state index >= 15 is 0 Å². The zero-order valence-electron chi connectivity index (χ0n) is 11.2. The Balaban J connectivity index is 1.95. The number of nitrogens with one attached hydrogen (secondary N) is 1. The summed E-state index contributed by atoms with van der Waals surface area (Å²) in [6.45, 7) is 2.14. The third-order valence-electron chi connectivity index (χ3n) is 3.81. The number of hydrogen-bond acceptors (Lipinski definition) is 3. The van der Waals surface area contributed by atoms with E-state index in [1.54, 1.807) is 7.11 Å². The minimum atomic E-state index is -0.195. The lowest BCUT2D eigenvalue weighted by Gasteiger charge is -2.31. The summed E-state index contributed by atoms with van der Waals surface area (Å²) in [5, 5.41) is 13.5. The molecule has 1 aliphatic rings. The van der Waals surface area contributed by atoms with Crippen molar-refractivity contribution in [2.75, 3.05) is 7.11 Å². The van der Waals surface area contributed by atoms with Crippen molar-refractivity contribution < 1.29 is 9.84 Å². The number of aliphatic hydroxyl groups is 1. The number of hydrogen-bond donors (Lipinski definition) is 2. The van der Waals surface area contributed by atoms with Crippen molar-refractivity contribution in [3.63, 3.8) is 0 Å². The van der Waals surface area contributed by atoms with E-state index in [0.717, 1.165) is 25.0 Å². The Labute approximate surface area is 109 Å². The largest absolute Gasteiger partial charge is 0.497 e. The molecule has 1 aromatic carbocycles. The van der Waals surface area contributed by atoms with E-state index in [4.69, 9.17) is 4.74 Å². The second kappa shape index (κ2) is 6.21. The summed E-state index contributed by atoms with van der Waals surface area (Å²) in [6.07, 6.45) is 4.16. The van der Waals surface area contributed by atoms with Gasteiger partial charge in [0.2, 0.25) is 0 Å². The lowest BCUT2D eigenvalue weighted by Crippen LogP contribution is -2.43. The van der Waals surface area contributed by atoms with Gasteiger partial charge in [0.1, 0.15) is 5.75 Å². The summed E-state index contributed by atoms with van der Waals surface area (Å²) >= 11 is 0. The van der Waals surface area contributed by atoms with Crippen LogP contribution in [0.5, 0.6) is 5.75 Å². The van der Waals surface area contributed by atoms with E-state index in [-0.39, 0.29) is 18.2 Å². The van der Waals surface area contributed by atoms with E-state index in [9.17, 15) is 5.11 Å². The van der Waals surface area contributed by atoms with Crippen molar-refractivity contribution in [2.24, 2.45) is 0 Å². The quantitative estimate of drug-likeness (QED) is 0.862. The van der Waals surface area contributed by atoms with E-state index in [2.05, 4.69) is 24.4 Å². The lowest BCUT2D eigenvalue weighted by atomic mass is 9.91. The third-order valence-corrected chi connectivity index (χ3v) is 3.81. The predicted octanol–water partition coefficient (Wildman–Crippen LogP) is 2.65. The Morgan fingerprint density at radius 2 is 1.89 bits per heavy atom. The average molecular weight is 249 g/mol. The first-order valence-electron chi connectivity index (χ1n) is 6.79. The molecule has 1 aliphatic carbocycles. The molecule has 100 valence electrons. The van der Waals surface area contributed by atoms with Crippen molar-refractivity contribution in [1.82, 2.24) is 5.32 Å². The van der Waals surface area contributed by atoms with Crippen LogP contribution in [0.3, 0.4) is 0 Å². The van der Waals surface area contributed by atoms with Crippen molar-refractivity contribution in [1.29, 1.82) is 0 Å². The fourth-order valence-corrected chi connectivity index (χ4v) is 2.62. The standard InChI is InChI=1S/C15H23NO2/c1-11(12-7-9-13(18-2)10-8-12)16-14-5-3-4-6-15(14)17/h7-11,14-17H,3-6H2,1-2H3/t11-,14-,15-/m0/s1. The van der Waals surface area contributed by atoms with E-state index in [1.807, 2.05) is 12.1 Å². The molecule has 0 radical (unpaired) electrons. The first-order valence-corrected chi connectivity index (χ1v) is 6.79. The van der Waals surface area contributed by atoms with Gasteiger partial charge in [0, 0.05) is 12.1 Å². The lowest BCUT2D eigenvalue weighted by molar-refractivity contribution is 0.0860. The second-order valence-corrected chi connectivity index (χ2v) is 5.12. The molecule has 3 atom stereocenters. The molecular formula is C15H23NO2. The van der Waals surface area contributed by atoms with Gasteiger partial charge in [-0.3, -0.25) is 0 Å². The van der Waals surface area contributed by atoms with Gasteiger partial charge in [-0.15, -0.1) is 0 Å². The van der Waals surface area contributed by atoms with Gasteiger partial charge in [-0.25, -0.2) is 0 Å². The zero-order chi connectivity index (χ0) is 13.0. The molecule has 0 heterocycles. The molecule has 0 aliphatic heterocycles. The minimum Gasteiger partial charge on any atom is -0.497 e. The second-order valence-electron chi connectivity index (χ2n) is 5.12. The summed E-state index contributed by atoms with van der Waals surface area (Å²) < 4.78 is 5.16. The minimum absolute atomic E-state index is 0.195. The van der Waals surface area contributed by atoms with E-state index in [1.165, 1.54) is 12.0 Å². The highest BCUT2D eigenvalue weighted by Crippen LogP contribution is 2.23. The fraction of sp³-hybridized carbons (Fsp3) is 0.600. The third kappa shape index (κ3) is 3.24. The van der Waals surface area contributed by atoms with Gasteiger partial charge in [0.15, 0.2) is 0 Å². The SMILES string of the molecule is COc1ccc([C@H](C)N[C@H]2CCCC[C@@H]2O)cc1. The molecule has 1 fully saturated rings. The summed E-state index contributed by atoms with van der Waals surface area (Å²) in [6, 6.07) is 8.59. The Morgan fingerprint density at radius 1 is 1.22 bits per heavy atom. The van der Waals surface area contributed by atoms with Gasteiger partial charge >= 0.3 is 0 Å². The van der Waals surface area contributed by atoms with Gasteiger partial charge in [-0.05, 0) is 37.5 Å². The fourth-order valence-electron chi connectivity index (χ4n) is 2.62. The number of rotatable bonds is 4. The Morgan fingerprint density at radius 3 is 2.50 bits per heavy atom. The molecule has 1 aromatic rings. The maximum atomic E-state index is 9.96. The summed E-state index contributed by atoms with van der Waals surface area (Å²) in [5.41, 5.74) is 1.23. The Bertz CT molecular complexity index is 363. The van der Waals surface area contributed by atoms with Gasteiger partial charge in [-0.1, -0.05) is 25.0 Å². The molecule has 0 aromatic heterocycles. The van der Waals surface area contributed by atoms with Crippen LogP contribution in [0.25, 0.3) is 0 Å². The normalized spacial score (nSPS) is 25.7. The molecular weight excluding hydrogens is 226 g/mol. The van der Waals surface area contributed by atoms with Crippen molar-refractivity contribution in [3.8, 4) is 5.75 Å². The maximum Gasteiger partial charge on any atom is 0.118 e. The van der Waals surface area contributed by atoms with Gasteiger partial charge in [-0.2, -0.15) is 0 Å². The van der Waals surface area contributed by atoms with Crippen LogP contribution in [0.4, 0.5) is 0 Å². The van der Waals surface area contributed by atoms with Crippen LogP contribution in [-0.2, 0) is 0 Å². The summed E-state index contributed by atoms with van der Waals surface area (Å²) in [5.74, 6) is 0.878. The first kappa shape index (κ1) is 13.4. The average Bonchev–Trinajstić information content (AvgIpc) is 2.41. The van der Waals surface area contributed by atoms with Crippen molar-refractivity contribution >= 4 is 0 Å². The van der Waals surface area contributed by atoms with Gasteiger partial charge < -0.3 is 15.2 Å². The molecule has 0 spiro atoms. The molecule has 2 N–H and O–H groups in total. The maximum absolute atomic E-state index is 9.96. The van der Waals surface area contributed by atoms with Crippen LogP contribution in [0.2, 0.25) is 0 Å². The van der Waals surface area contributed by atoms with Crippen LogP contribution in [0.1, 0.15) is 44.2 Å². The molecule has 3 nitrogen and oxygen atoms in total. The predicted molar refractivity (Wildman–Crippen MR) is 72.8 cm³/mol. The molecule has 18 heavy (non-hydrogen) atoms. The molecule has 0 amide bonds. The van der Waals surface area contributed by atoms with E-state index < -0.39 is 0 Å². The summed E-state index contributed by atoms with van der Waals surface area (Å²) in [7, 11) is 1.68. The molecule has 2 rings (SSSR count). The van der Waals surface area contributed by atoms with Crippen molar-refractivity contribution in [2.45, 2.75) is 50.8 Å². The molecule has 0 saturated heterocycles. The van der Waals surface area contributed by atoms with Crippen LogP contribution in [-0.4, -0.2) is 24.4 Å². The van der Waals surface area contributed by atoms with Crippen LogP contribution in [0.15, 0.2) is 24.3 Å². The van der Waals surface area contributed by atoms with Gasteiger partial charge in [0.05, 0.1) is 13.2 Å². The van der Waals surface area contributed by atoms with Crippen LogP contribution in [0, 0.1) is 0 Å². The highest BCUT2D eigenvalue weighted by Gasteiger charge is 2.24. The highest BCUT2D eigenvalue weighted by atomic mass is 16.5. The van der Waals surface area contributed by atoms with Crippen molar-refractivity contribution in [3.05, 3.63) is 29.8 Å². The first-order chi connectivity index (χ1) is 8.70. The van der Waals surface area contributed by atoms with Gasteiger partial charge in [0.25, 0.3) is 0 Å². The molecule has 0 unspecified atom stereocenters. The molecule has 0 bridgehead atoms. The number of methoxy groups -OCH3 is 1. The molecule has 1 saturated carbocycles. The number of ether oxygens (including phenoxy) is 1.